The van der Waals surface area contributed by atoms with E-state index in [4.69, 9.17) is 5.11 Å². The molecule has 0 saturated heterocycles. The number of carboxylic acid groups (broad SMARTS) is 1. The van der Waals surface area contributed by atoms with E-state index < -0.39 is 23.6 Å². The van der Waals surface area contributed by atoms with Gasteiger partial charge in [-0.25, -0.2) is 4.79 Å². The second-order valence-electron chi connectivity index (χ2n) is 4.82. The third kappa shape index (κ3) is 4.47. The minimum Gasteiger partial charge on any atom is -0.479 e. The third-order valence-corrected chi connectivity index (χ3v) is 3.10. The molecule has 0 bridgehead atoms. The lowest BCUT2D eigenvalue weighted by molar-refractivity contribution is -0.207. The van der Waals surface area contributed by atoms with Crippen LogP contribution in [0.1, 0.15) is 25.3 Å². The minimum atomic E-state index is -5.06. The molecule has 0 aliphatic carbocycles. The van der Waals surface area contributed by atoms with Gasteiger partial charge in [-0.05, 0) is 25.3 Å². The number of aryl methyl sites for hydroxylation is 1. The van der Waals surface area contributed by atoms with E-state index in [9.17, 15) is 22.8 Å². The summed E-state index contributed by atoms with van der Waals surface area (Å²) in [6, 6.07) is 9.16. The number of halogens is 3. The fourth-order valence-corrected chi connectivity index (χ4v) is 1.68. The molecule has 1 rings (SSSR count). The van der Waals surface area contributed by atoms with Crippen LogP contribution >= 0.6 is 0 Å². The number of carboxylic acids is 1. The SMILES string of the molecule is CC(NC(=O)CCCc1ccccc1)(C(=O)O)C(F)(F)F. The molecule has 2 N–H and O–H groups in total. The first kappa shape index (κ1) is 17.0. The lowest BCUT2D eigenvalue weighted by Crippen LogP contribution is -2.61. The Morgan fingerprint density at radius 3 is 2.24 bits per heavy atom. The number of amides is 1. The summed E-state index contributed by atoms with van der Waals surface area (Å²) in [4.78, 5) is 22.3. The molecule has 0 radical (unpaired) electrons. The van der Waals surface area contributed by atoms with Gasteiger partial charge in [-0.3, -0.25) is 4.79 Å². The highest BCUT2D eigenvalue weighted by Gasteiger charge is 2.58. The van der Waals surface area contributed by atoms with Crippen LogP contribution in [0.2, 0.25) is 0 Å². The topological polar surface area (TPSA) is 66.4 Å². The summed E-state index contributed by atoms with van der Waals surface area (Å²) in [5, 5.41) is 10.2. The Kier molecular flexibility index (Phi) is 5.34. The number of rotatable bonds is 6. The lowest BCUT2D eigenvalue weighted by atomic mass is 10.0. The van der Waals surface area contributed by atoms with Gasteiger partial charge >= 0.3 is 12.1 Å². The Hall–Kier alpha value is -2.05. The van der Waals surface area contributed by atoms with Gasteiger partial charge in [0.2, 0.25) is 11.4 Å². The van der Waals surface area contributed by atoms with E-state index in [0.717, 1.165) is 5.56 Å². The number of nitrogens with one attached hydrogen (secondary N) is 1. The molecule has 1 atom stereocenters. The van der Waals surface area contributed by atoms with Crippen LogP contribution < -0.4 is 5.32 Å². The van der Waals surface area contributed by atoms with E-state index in [1.807, 2.05) is 30.3 Å². The van der Waals surface area contributed by atoms with Crippen LogP contribution in [-0.4, -0.2) is 28.7 Å². The zero-order valence-corrected chi connectivity index (χ0v) is 11.4. The van der Waals surface area contributed by atoms with Gasteiger partial charge in [0.15, 0.2) is 0 Å². The molecule has 0 spiro atoms. The molecule has 0 aliphatic heterocycles. The lowest BCUT2D eigenvalue weighted by Gasteiger charge is -2.28. The number of carbonyl (C=O) groups excluding carboxylic acids is 1. The van der Waals surface area contributed by atoms with Crippen LogP contribution in [-0.2, 0) is 16.0 Å². The summed E-state index contributed by atoms with van der Waals surface area (Å²) in [6.45, 7) is 0.435. The van der Waals surface area contributed by atoms with Crippen molar-refractivity contribution in [1.29, 1.82) is 0 Å². The fourth-order valence-electron chi connectivity index (χ4n) is 1.68. The Morgan fingerprint density at radius 2 is 1.76 bits per heavy atom. The number of alkyl halides is 3. The van der Waals surface area contributed by atoms with Crippen molar-refractivity contribution in [2.24, 2.45) is 0 Å². The molecule has 116 valence electrons. The van der Waals surface area contributed by atoms with Gasteiger partial charge in [0, 0.05) is 6.42 Å². The molecule has 7 heteroatoms. The van der Waals surface area contributed by atoms with Crippen molar-refractivity contribution in [2.75, 3.05) is 0 Å². The molecule has 1 unspecified atom stereocenters. The first-order chi connectivity index (χ1) is 9.67. The molecule has 1 aromatic carbocycles. The summed E-state index contributed by atoms with van der Waals surface area (Å²) in [6.07, 6.45) is -4.37. The predicted molar refractivity (Wildman–Crippen MR) is 69.6 cm³/mol. The van der Waals surface area contributed by atoms with Crippen LogP contribution in [0.4, 0.5) is 13.2 Å². The highest BCUT2D eigenvalue weighted by Crippen LogP contribution is 2.30. The molecule has 1 aromatic rings. The van der Waals surface area contributed by atoms with Gasteiger partial charge < -0.3 is 10.4 Å². The van der Waals surface area contributed by atoms with E-state index in [-0.39, 0.29) is 6.42 Å². The highest BCUT2D eigenvalue weighted by molar-refractivity contribution is 5.87. The molecule has 0 saturated carbocycles. The van der Waals surface area contributed by atoms with Crippen molar-refractivity contribution in [3.63, 3.8) is 0 Å². The average molecular weight is 303 g/mol. The zero-order chi connectivity index (χ0) is 16.1. The van der Waals surface area contributed by atoms with Crippen molar-refractivity contribution in [1.82, 2.24) is 5.32 Å². The van der Waals surface area contributed by atoms with E-state index in [2.05, 4.69) is 0 Å². The normalized spacial score (nSPS) is 14.3. The second-order valence-corrected chi connectivity index (χ2v) is 4.82. The summed E-state index contributed by atoms with van der Waals surface area (Å²) >= 11 is 0. The van der Waals surface area contributed by atoms with Crippen LogP contribution in [0.3, 0.4) is 0 Å². The van der Waals surface area contributed by atoms with E-state index >= 15 is 0 Å². The fraction of sp³-hybridized carbons (Fsp3) is 0.429. The summed E-state index contributed by atoms with van der Waals surface area (Å²) < 4.78 is 38.1. The van der Waals surface area contributed by atoms with E-state index in [1.54, 1.807) is 5.32 Å². The van der Waals surface area contributed by atoms with E-state index in [1.165, 1.54) is 0 Å². The van der Waals surface area contributed by atoms with Crippen LogP contribution in [0.15, 0.2) is 30.3 Å². The Balaban J connectivity index is 2.54. The molecular weight excluding hydrogens is 287 g/mol. The number of carbonyl (C=O) groups is 2. The molecule has 0 fully saturated rings. The average Bonchev–Trinajstić information content (AvgIpc) is 2.38. The highest BCUT2D eigenvalue weighted by atomic mass is 19.4. The molecular formula is C14H16F3NO3. The number of hydrogen-bond acceptors (Lipinski definition) is 2. The van der Waals surface area contributed by atoms with Crippen molar-refractivity contribution < 1.29 is 27.9 Å². The summed E-state index contributed by atoms with van der Waals surface area (Å²) in [5.74, 6) is -3.07. The van der Waals surface area contributed by atoms with Crippen molar-refractivity contribution in [3.8, 4) is 0 Å². The van der Waals surface area contributed by atoms with Crippen molar-refractivity contribution in [2.45, 2.75) is 37.9 Å². The maximum absolute atomic E-state index is 12.7. The van der Waals surface area contributed by atoms with Gasteiger partial charge in [-0.1, -0.05) is 30.3 Å². The molecule has 21 heavy (non-hydrogen) atoms. The zero-order valence-electron chi connectivity index (χ0n) is 11.4. The monoisotopic (exact) mass is 303 g/mol. The number of benzene rings is 1. The molecule has 1 amide bonds. The number of hydrogen-bond donors (Lipinski definition) is 2. The summed E-state index contributed by atoms with van der Waals surface area (Å²) in [7, 11) is 0. The van der Waals surface area contributed by atoms with Crippen LogP contribution in [0.5, 0.6) is 0 Å². The standard InChI is InChI=1S/C14H16F3NO3/c1-13(12(20)21,14(15,16)17)18-11(19)9-5-8-10-6-3-2-4-7-10/h2-4,6-7H,5,8-9H2,1H3,(H,18,19)(H,20,21). The quantitative estimate of drug-likeness (QED) is 0.848. The first-order valence-corrected chi connectivity index (χ1v) is 6.32. The van der Waals surface area contributed by atoms with Crippen molar-refractivity contribution in [3.05, 3.63) is 35.9 Å². The van der Waals surface area contributed by atoms with Gasteiger partial charge in [0.05, 0.1) is 0 Å². The molecule has 0 aliphatic rings. The molecule has 0 aromatic heterocycles. The maximum Gasteiger partial charge on any atom is 0.422 e. The smallest absolute Gasteiger partial charge is 0.422 e. The third-order valence-electron chi connectivity index (χ3n) is 3.10. The first-order valence-electron chi connectivity index (χ1n) is 6.32. The van der Waals surface area contributed by atoms with Crippen LogP contribution in [0, 0.1) is 0 Å². The summed E-state index contributed by atoms with van der Waals surface area (Å²) in [5.41, 5.74) is -2.31. The molecule has 4 nitrogen and oxygen atoms in total. The van der Waals surface area contributed by atoms with Gasteiger partial charge in [-0.2, -0.15) is 13.2 Å². The largest absolute Gasteiger partial charge is 0.479 e. The van der Waals surface area contributed by atoms with Gasteiger partial charge in [-0.15, -0.1) is 0 Å². The van der Waals surface area contributed by atoms with E-state index in [0.29, 0.717) is 19.8 Å². The number of aliphatic carboxylic acids is 1. The Bertz CT molecular complexity index is 502. The maximum atomic E-state index is 12.7. The van der Waals surface area contributed by atoms with Crippen LogP contribution in [0.25, 0.3) is 0 Å². The van der Waals surface area contributed by atoms with Crippen molar-refractivity contribution >= 4 is 11.9 Å². The Morgan fingerprint density at radius 1 is 1.19 bits per heavy atom. The Labute approximate surface area is 120 Å². The van der Waals surface area contributed by atoms with Gasteiger partial charge in [0.25, 0.3) is 0 Å². The minimum absolute atomic E-state index is 0.173. The van der Waals surface area contributed by atoms with Gasteiger partial charge in [0.1, 0.15) is 0 Å². The second kappa shape index (κ2) is 6.60. The predicted octanol–water partition coefficient (Wildman–Crippen LogP) is 2.53. The molecule has 0 heterocycles.